The number of nitrogens with zero attached hydrogens (tertiary/aromatic N) is 2. The lowest BCUT2D eigenvalue weighted by Gasteiger charge is -2.16. The first-order valence-corrected chi connectivity index (χ1v) is 7.94. The lowest BCUT2D eigenvalue weighted by molar-refractivity contribution is -0.122. The highest BCUT2D eigenvalue weighted by molar-refractivity contribution is 7.98. The van der Waals surface area contributed by atoms with Crippen molar-refractivity contribution in [3.8, 4) is 0 Å². The van der Waals surface area contributed by atoms with E-state index in [1.165, 1.54) is 23.9 Å². The molecular formula is C15H15FN2O2S. The number of ketones is 1. The topological polar surface area (TPSA) is 56.0 Å². The number of thioether (sulfide) groups is 1. The third kappa shape index (κ3) is 3.50. The molecule has 110 valence electrons. The average molecular weight is 306 g/mol. The largest absolute Gasteiger partial charge is 0.339 e. The molecule has 0 bridgehead atoms. The normalized spacial score (nSPS) is 18.9. The molecule has 0 amide bonds. The van der Waals surface area contributed by atoms with Gasteiger partial charge < -0.3 is 4.52 Å². The molecule has 1 atom stereocenters. The van der Waals surface area contributed by atoms with E-state index in [-0.39, 0.29) is 17.5 Å². The Bertz CT molecular complexity index is 644. The first-order valence-electron chi connectivity index (χ1n) is 6.96. The van der Waals surface area contributed by atoms with Crippen molar-refractivity contribution >= 4 is 17.5 Å². The van der Waals surface area contributed by atoms with Crippen molar-refractivity contribution in [3.63, 3.8) is 0 Å². The number of hydrogen-bond acceptors (Lipinski definition) is 5. The van der Waals surface area contributed by atoms with Gasteiger partial charge in [-0.1, -0.05) is 17.6 Å². The lowest BCUT2D eigenvalue weighted by Crippen LogP contribution is -2.17. The van der Waals surface area contributed by atoms with E-state index in [2.05, 4.69) is 10.1 Å². The molecule has 1 fully saturated rings. The van der Waals surface area contributed by atoms with E-state index in [4.69, 9.17) is 4.52 Å². The van der Waals surface area contributed by atoms with Gasteiger partial charge in [0.15, 0.2) is 5.82 Å². The zero-order valence-corrected chi connectivity index (χ0v) is 12.2. The summed E-state index contributed by atoms with van der Waals surface area (Å²) in [5, 5.41) is 3.91. The molecule has 0 aliphatic heterocycles. The van der Waals surface area contributed by atoms with Crippen LogP contribution in [0.5, 0.6) is 0 Å². The average Bonchev–Trinajstić information content (AvgIpc) is 2.94. The Labute approximate surface area is 126 Å². The van der Waals surface area contributed by atoms with Crippen LogP contribution >= 0.6 is 11.8 Å². The molecule has 1 aliphatic carbocycles. The molecule has 0 radical (unpaired) electrons. The molecule has 1 aromatic carbocycles. The minimum atomic E-state index is -0.262. The van der Waals surface area contributed by atoms with E-state index in [0.29, 0.717) is 23.9 Å². The van der Waals surface area contributed by atoms with Gasteiger partial charge in [-0.25, -0.2) is 4.39 Å². The second kappa shape index (κ2) is 6.39. The highest BCUT2D eigenvalue weighted by atomic mass is 32.2. The monoisotopic (exact) mass is 306 g/mol. The van der Waals surface area contributed by atoms with Crippen LogP contribution in [0.15, 0.2) is 33.7 Å². The van der Waals surface area contributed by atoms with E-state index < -0.39 is 0 Å². The molecule has 6 heteroatoms. The Morgan fingerprint density at radius 2 is 2.29 bits per heavy atom. The number of carbonyl (C=O) groups excluding carboxylic acids is 1. The quantitative estimate of drug-likeness (QED) is 0.806. The molecule has 0 spiro atoms. The molecule has 21 heavy (non-hydrogen) atoms. The van der Waals surface area contributed by atoms with Crippen LogP contribution in [0.1, 0.15) is 43.3 Å². The minimum absolute atomic E-state index is 0.189. The van der Waals surface area contributed by atoms with Gasteiger partial charge in [-0.15, -0.1) is 11.8 Å². The summed E-state index contributed by atoms with van der Waals surface area (Å²) in [7, 11) is 0. The molecular weight excluding hydrogens is 291 g/mol. The van der Waals surface area contributed by atoms with E-state index in [1.807, 2.05) is 6.07 Å². The van der Waals surface area contributed by atoms with Crippen LogP contribution < -0.4 is 0 Å². The summed E-state index contributed by atoms with van der Waals surface area (Å²) < 4.78 is 18.3. The Kier molecular flexibility index (Phi) is 4.34. The zero-order chi connectivity index (χ0) is 14.7. The molecule has 1 heterocycles. The van der Waals surface area contributed by atoms with Crippen molar-refractivity contribution in [3.05, 3.63) is 41.8 Å². The second-order valence-corrected chi connectivity index (χ2v) is 6.11. The molecule has 1 aliphatic rings. The van der Waals surface area contributed by atoms with Crippen molar-refractivity contribution < 1.29 is 13.7 Å². The van der Waals surface area contributed by atoms with Gasteiger partial charge in [0.1, 0.15) is 11.6 Å². The predicted octanol–water partition coefficient (Wildman–Crippen LogP) is 3.73. The predicted molar refractivity (Wildman–Crippen MR) is 76.5 cm³/mol. The van der Waals surface area contributed by atoms with E-state index in [0.717, 1.165) is 24.2 Å². The van der Waals surface area contributed by atoms with E-state index in [1.54, 1.807) is 6.07 Å². The Hall–Kier alpha value is -1.69. The highest BCUT2D eigenvalue weighted by Crippen LogP contribution is 2.29. The molecule has 3 rings (SSSR count). The van der Waals surface area contributed by atoms with Crippen molar-refractivity contribution in [2.75, 3.05) is 0 Å². The van der Waals surface area contributed by atoms with E-state index >= 15 is 0 Å². The summed E-state index contributed by atoms with van der Waals surface area (Å²) in [6.45, 7) is 0. The third-order valence-corrected chi connectivity index (χ3v) is 4.49. The summed E-state index contributed by atoms with van der Waals surface area (Å²) in [5.74, 6) is 1.15. The molecule has 1 aromatic heterocycles. The fourth-order valence-corrected chi connectivity index (χ4v) is 3.20. The van der Waals surface area contributed by atoms with Crippen molar-refractivity contribution in [2.24, 2.45) is 0 Å². The lowest BCUT2D eigenvalue weighted by atomic mass is 9.88. The van der Waals surface area contributed by atoms with Crippen molar-refractivity contribution in [1.29, 1.82) is 0 Å². The zero-order valence-electron chi connectivity index (χ0n) is 11.4. The van der Waals surface area contributed by atoms with Crippen LogP contribution in [-0.2, 0) is 10.5 Å². The fraction of sp³-hybridized carbons (Fsp3) is 0.400. The maximum absolute atomic E-state index is 13.1. The molecule has 1 saturated carbocycles. The fourth-order valence-electron chi connectivity index (χ4n) is 2.42. The molecule has 0 N–H and O–H groups in total. The number of aromatic nitrogens is 2. The van der Waals surface area contributed by atoms with Crippen LogP contribution in [0.3, 0.4) is 0 Å². The van der Waals surface area contributed by atoms with Crippen molar-refractivity contribution in [1.82, 2.24) is 10.1 Å². The van der Waals surface area contributed by atoms with E-state index in [9.17, 15) is 9.18 Å². The number of benzene rings is 1. The van der Waals surface area contributed by atoms with Gasteiger partial charge in [0, 0.05) is 11.3 Å². The minimum Gasteiger partial charge on any atom is -0.339 e. The second-order valence-electron chi connectivity index (χ2n) is 5.06. The first-order chi connectivity index (χ1) is 10.2. The number of Topliss-reactive ketones (excluding diaryl/α,β-unsaturated/α-hetero) is 1. The van der Waals surface area contributed by atoms with Crippen LogP contribution in [0, 0.1) is 5.82 Å². The van der Waals surface area contributed by atoms with Crippen molar-refractivity contribution in [2.45, 2.75) is 42.2 Å². The standard InChI is InChI=1S/C15H15FN2O2S/c16-10-4-3-5-11(8-10)21-9-14-17-15(20-18-14)12-6-1-2-7-13(12)19/h3-5,8,12H,1-2,6-7,9H2. The van der Waals surface area contributed by atoms with Gasteiger partial charge >= 0.3 is 0 Å². The maximum atomic E-state index is 13.1. The molecule has 0 saturated heterocycles. The Morgan fingerprint density at radius 1 is 1.38 bits per heavy atom. The number of carbonyl (C=O) groups is 1. The third-order valence-electron chi connectivity index (χ3n) is 3.50. The summed E-state index contributed by atoms with van der Waals surface area (Å²) in [6, 6.07) is 6.38. The summed E-state index contributed by atoms with van der Waals surface area (Å²) in [5.41, 5.74) is 0. The SMILES string of the molecule is O=C1CCCCC1c1nc(CSc2cccc(F)c2)no1. The van der Waals surface area contributed by atoms with Crippen LogP contribution in [-0.4, -0.2) is 15.9 Å². The number of rotatable bonds is 4. The Balaban J connectivity index is 1.63. The van der Waals surface area contributed by atoms with Gasteiger partial charge in [0.05, 0.1) is 11.7 Å². The maximum Gasteiger partial charge on any atom is 0.237 e. The summed E-state index contributed by atoms with van der Waals surface area (Å²) >= 11 is 1.44. The molecule has 2 aromatic rings. The highest BCUT2D eigenvalue weighted by Gasteiger charge is 2.28. The molecule has 4 nitrogen and oxygen atoms in total. The first kappa shape index (κ1) is 14.3. The van der Waals surface area contributed by atoms with Gasteiger partial charge in [0.25, 0.3) is 0 Å². The number of hydrogen-bond donors (Lipinski definition) is 0. The van der Waals surface area contributed by atoms with Gasteiger partial charge in [-0.2, -0.15) is 4.98 Å². The van der Waals surface area contributed by atoms with Crippen LogP contribution in [0.4, 0.5) is 4.39 Å². The summed E-state index contributed by atoms with van der Waals surface area (Å²) in [6.07, 6.45) is 3.36. The Morgan fingerprint density at radius 3 is 3.10 bits per heavy atom. The van der Waals surface area contributed by atoms with Crippen LogP contribution in [0.2, 0.25) is 0 Å². The smallest absolute Gasteiger partial charge is 0.237 e. The van der Waals surface area contributed by atoms with Crippen LogP contribution in [0.25, 0.3) is 0 Å². The number of halogens is 1. The molecule has 1 unspecified atom stereocenters. The van der Waals surface area contributed by atoms with Gasteiger partial charge in [-0.05, 0) is 31.0 Å². The van der Waals surface area contributed by atoms with Gasteiger partial charge in [-0.3, -0.25) is 4.79 Å². The summed E-state index contributed by atoms with van der Waals surface area (Å²) in [4.78, 5) is 17.0. The van der Waals surface area contributed by atoms with Gasteiger partial charge in [0.2, 0.25) is 5.89 Å².